The molecule has 1 aromatic carbocycles. The zero-order valence-corrected chi connectivity index (χ0v) is 11.2. The molecule has 0 fully saturated rings. The summed E-state index contributed by atoms with van der Waals surface area (Å²) in [6.45, 7) is 0. The van der Waals surface area contributed by atoms with Crippen molar-refractivity contribution in [2.24, 2.45) is 0 Å². The fourth-order valence-electron chi connectivity index (χ4n) is 1.29. The van der Waals surface area contributed by atoms with E-state index in [1.54, 1.807) is 30.3 Å². The molecule has 0 radical (unpaired) electrons. The maximum absolute atomic E-state index is 12.1. The van der Waals surface area contributed by atoms with Gasteiger partial charge in [0.05, 0.1) is 9.21 Å². The van der Waals surface area contributed by atoms with Gasteiger partial charge in [-0.1, -0.05) is 27.5 Å². The largest absolute Gasteiger partial charge is 0.399 e. The van der Waals surface area contributed by atoms with Crippen LogP contribution in [0.4, 0.5) is 5.69 Å². The highest BCUT2D eigenvalue weighted by atomic mass is 79.9. The second kappa shape index (κ2) is 4.57. The molecule has 5 heteroatoms. The third-order valence-electron chi connectivity index (χ3n) is 2.03. The van der Waals surface area contributed by atoms with Crippen molar-refractivity contribution in [3.63, 3.8) is 0 Å². The number of ketones is 1. The lowest BCUT2D eigenvalue weighted by molar-refractivity contribution is 0.104. The first kappa shape index (κ1) is 11.6. The third kappa shape index (κ3) is 2.29. The van der Waals surface area contributed by atoms with Crippen LogP contribution in [-0.2, 0) is 0 Å². The highest BCUT2D eigenvalue weighted by Gasteiger charge is 2.14. The molecule has 2 N–H and O–H groups in total. The van der Waals surface area contributed by atoms with Gasteiger partial charge in [0, 0.05) is 15.7 Å². The minimum atomic E-state index is -0.0731. The molecule has 0 saturated carbocycles. The Balaban J connectivity index is 2.45. The molecular weight excluding hydrogens is 310 g/mol. The van der Waals surface area contributed by atoms with Crippen LogP contribution < -0.4 is 5.73 Å². The van der Waals surface area contributed by atoms with E-state index >= 15 is 0 Å². The van der Waals surface area contributed by atoms with Crippen LogP contribution in [0.1, 0.15) is 15.2 Å². The van der Waals surface area contributed by atoms with Gasteiger partial charge in [0.25, 0.3) is 0 Å². The number of thiophene rings is 1. The van der Waals surface area contributed by atoms with E-state index in [4.69, 9.17) is 17.3 Å². The average molecular weight is 317 g/mol. The number of carbonyl (C=O) groups is 1. The number of benzene rings is 1. The summed E-state index contributed by atoms with van der Waals surface area (Å²) in [6, 6.07) is 8.57. The predicted molar refractivity (Wildman–Crippen MR) is 71.3 cm³/mol. The topological polar surface area (TPSA) is 43.1 Å². The molecule has 0 spiro atoms. The summed E-state index contributed by atoms with van der Waals surface area (Å²) in [5.41, 5.74) is 6.77. The zero-order chi connectivity index (χ0) is 11.7. The second-order valence-electron chi connectivity index (χ2n) is 3.17. The molecule has 0 unspecified atom stereocenters. The fraction of sp³-hybridized carbons (Fsp3) is 0. The molecule has 16 heavy (non-hydrogen) atoms. The standard InChI is InChI=1S/C11H7BrClNOS/c12-8-2-1-6(14)5-7(8)11(15)9-3-4-10(13)16-9/h1-5H,14H2. The lowest BCUT2D eigenvalue weighted by Gasteiger charge is -2.02. The summed E-state index contributed by atoms with van der Waals surface area (Å²) in [5.74, 6) is -0.0731. The predicted octanol–water partition coefficient (Wildman–Crippen LogP) is 3.98. The Morgan fingerprint density at radius 2 is 2.06 bits per heavy atom. The van der Waals surface area contributed by atoms with Crippen molar-refractivity contribution in [1.82, 2.24) is 0 Å². The minimum Gasteiger partial charge on any atom is -0.399 e. The monoisotopic (exact) mass is 315 g/mol. The highest BCUT2D eigenvalue weighted by molar-refractivity contribution is 9.10. The maximum Gasteiger partial charge on any atom is 0.204 e. The Bertz CT molecular complexity index is 553. The maximum atomic E-state index is 12.1. The molecule has 0 bridgehead atoms. The van der Waals surface area contributed by atoms with E-state index in [1.807, 2.05) is 0 Å². The first-order valence-corrected chi connectivity index (χ1v) is 6.42. The van der Waals surface area contributed by atoms with Gasteiger partial charge < -0.3 is 5.73 Å². The van der Waals surface area contributed by atoms with Crippen molar-refractivity contribution in [3.8, 4) is 0 Å². The molecule has 1 aromatic heterocycles. The number of rotatable bonds is 2. The molecule has 0 saturated heterocycles. The molecule has 2 aromatic rings. The van der Waals surface area contributed by atoms with Crippen LogP contribution >= 0.6 is 38.9 Å². The van der Waals surface area contributed by atoms with Crippen LogP contribution in [-0.4, -0.2) is 5.78 Å². The van der Waals surface area contributed by atoms with Gasteiger partial charge >= 0.3 is 0 Å². The van der Waals surface area contributed by atoms with Crippen molar-refractivity contribution in [1.29, 1.82) is 0 Å². The van der Waals surface area contributed by atoms with Crippen LogP contribution in [0.3, 0.4) is 0 Å². The van der Waals surface area contributed by atoms with Gasteiger partial charge in [-0.2, -0.15) is 0 Å². The van der Waals surface area contributed by atoms with Gasteiger partial charge in [-0.25, -0.2) is 0 Å². The van der Waals surface area contributed by atoms with Gasteiger partial charge in [-0.3, -0.25) is 4.79 Å². The molecule has 1 heterocycles. The molecule has 2 nitrogen and oxygen atoms in total. The van der Waals surface area contributed by atoms with Gasteiger partial charge in [-0.05, 0) is 30.3 Å². The Morgan fingerprint density at radius 3 is 2.69 bits per heavy atom. The quantitative estimate of drug-likeness (QED) is 0.673. The lowest BCUT2D eigenvalue weighted by atomic mass is 10.1. The van der Waals surface area contributed by atoms with Crippen LogP contribution in [0.15, 0.2) is 34.8 Å². The summed E-state index contributed by atoms with van der Waals surface area (Å²) in [6.07, 6.45) is 0. The van der Waals surface area contributed by atoms with Crippen molar-refractivity contribution in [2.45, 2.75) is 0 Å². The average Bonchev–Trinajstić information content (AvgIpc) is 2.67. The minimum absolute atomic E-state index is 0.0731. The number of carbonyl (C=O) groups excluding carboxylic acids is 1. The molecule has 0 atom stereocenters. The number of hydrogen-bond acceptors (Lipinski definition) is 3. The van der Waals surface area contributed by atoms with E-state index < -0.39 is 0 Å². The van der Waals surface area contributed by atoms with Crippen molar-refractivity contribution >= 4 is 50.3 Å². The summed E-state index contributed by atoms with van der Waals surface area (Å²) in [5, 5.41) is 0. The summed E-state index contributed by atoms with van der Waals surface area (Å²) in [7, 11) is 0. The van der Waals surface area contributed by atoms with Crippen molar-refractivity contribution in [2.75, 3.05) is 5.73 Å². The first-order valence-electron chi connectivity index (χ1n) is 4.43. The number of nitrogens with two attached hydrogens (primary N) is 1. The smallest absolute Gasteiger partial charge is 0.204 e. The van der Waals surface area contributed by atoms with Crippen molar-refractivity contribution in [3.05, 3.63) is 49.6 Å². The molecular formula is C11H7BrClNOS. The Kier molecular flexibility index (Phi) is 3.33. The summed E-state index contributed by atoms with van der Waals surface area (Å²) >= 11 is 10.4. The lowest BCUT2D eigenvalue weighted by Crippen LogP contribution is -2.01. The summed E-state index contributed by atoms with van der Waals surface area (Å²) < 4.78 is 1.33. The van der Waals surface area contributed by atoms with E-state index in [0.717, 1.165) is 4.47 Å². The zero-order valence-electron chi connectivity index (χ0n) is 8.04. The SMILES string of the molecule is Nc1ccc(Br)c(C(=O)c2ccc(Cl)s2)c1. The molecule has 0 aliphatic heterocycles. The Labute approximate surface area is 110 Å². The first-order chi connectivity index (χ1) is 7.58. The van der Waals surface area contributed by atoms with Gasteiger partial charge in [0.1, 0.15) is 0 Å². The normalized spacial score (nSPS) is 10.4. The molecule has 0 aliphatic rings. The van der Waals surface area contributed by atoms with Crippen LogP contribution in [0.25, 0.3) is 0 Å². The van der Waals surface area contributed by atoms with Crippen molar-refractivity contribution < 1.29 is 4.79 Å². The third-order valence-corrected chi connectivity index (χ3v) is 3.95. The number of nitrogen functional groups attached to an aromatic ring is 1. The molecule has 2 rings (SSSR count). The van der Waals surface area contributed by atoms with E-state index in [-0.39, 0.29) is 5.78 Å². The van der Waals surface area contributed by atoms with Crippen LogP contribution in [0, 0.1) is 0 Å². The highest BCUT2D eigenvalue weighted by Crippen LogP contribution is 2.27. The van der Waals surface area contributed by atoms with Crippen LogP contribution in [0.2, 0.25) is 4.34 Å². The van der Waals surface area contributed by atoms with Crippen LogP contribution in [0.5, 0.6) is 0 Å². The molecule has 82 valence electrons. The number of halogens is 2. The van der Waals surface area contributed by atoms with E-state index in [1.165, 1.54) is 11.3 Å². The molecule has 0 aliphatic carbocycles. The second-order valence-corrected chi connectivity index (χ2v) is 5.74. The number of anilines is 1. The molecule has 0 amide bonds. The Hall–Kier alpha value is -0.840. The van der Waals surface area contributed by atoms with E-state index in [2.05, 4.69) is 15.9 Å². The van der Waals surface area contributed by atoms with E-state index in [0.29, 0.717) is 20.5 Å². The van der Waals surface area contributed by atoms with Gasteiger partial charge in [-0.15, -0.1) is 11.3 Å². The van der Waals surface area contributed by atoms with Gasteiger partial charge in [0.2, 0.25) is 5.78 Å². The Morgan fingerprint density at radius 1 is 1.31 bits per heavy atom. The van der Waals surface area contributed by atoms with E-state index in [9.17, 15) is 4.79 Å². The fourth-order valence-corrected chi connectivity index (χ4v) is 2.71. The van der Waals surface area contributed by atoms with Gasteiger partial charge in [0.15, 0.2) is 0 Å². The number of hydrogen-bond donors (Lipinski definition) is 1. The summed E-state index contributed by atoms with van der Waals surface area (Å²) in [4.78, 5) is 12.7.